The lowest BCUT2D eigenvalue weighted by atomic mass is 10.2. The minimum atomic E-state index is -2.44. The van der Waals surface area contributed by atoms with Crippen molar-refractivity contribution in [2.75, 3.05) is 0 Å². The van der Waals surface area contributed by atoms with E-state index in [1.807, 2.05) is 0 Å². The minimum absolute atomic E-state index is 0.213. The molecule has 0 saturated carbocycles. The summed E-state index contributed by atoms with van der Waals surface area (Å²) in [4.78, 5) is 17.2. The summed E-state index contributed by atoms with van der Waals surface area (Å²) in [5.41, 5.74) is 0. The van der Waals surface area contributed by atoms with Gasteiger partial charge in [0, 0.05) is 6.42 Å². The van der Waals surface area contributed by atoms with E-state index in [0.29, 0.717) is 0 Å². The van der Waals surface area contributed by atoms with Crippen LogP contribution in [0.5, 0.6) is 0 Å². The Morgan fingerprint density at radius 1 is 1.38 bits per heavy atom. The highest BCUT2D eigenvalue weighted by Gasteiger charge is 2.08. The van der Waals surface area contributed by atoms with Crippen LogP contribution in [0, 0.1) is 0 Å². The number of hydrogen-bond donors (Lipinski definition) is 2. The summed E-state index contributed by atoms with van der Waals surface area (Å²) < 4.78 is 25.4. The van der Waals surface area contributed by atoms with Crippen molar-refractivity contribution in [2.24, 2.45) is 0 Å². The van der Waals surface area contributed by atoms with E-state index in [1.54, 1.807) is 0 Å². The summed E-state index contributed by atoms with van der Waals surface area (Å²) in [5, 5.41) is 0. The molecule has 7 heteroatoms. The molecule has 2 N–H and O–H groups in total. The van der Waals surface area contributed by atoms with Gasteiger partial charge in [0.15, 0.2) is 0 Å². The Morgan fingerprint density at radius 2 is 2.08 bits per heavy atom. The lowest BCUT2D eigenvalue weighted by molar-refractivity contribution is 0.326. The second-order valence-corrected chi connectivity index (χ2v) is 3.87. The van der Waals surface area contributed by atoms with E-state index in [1.165, 1.54) is 18.2 Å². The summed E-state index contributed by atoms with van der Waals surface area (Å²) >= 11 is 0. The van der Waals surface area contributed by atoms with Gasteiger partial charge in [0.25, 0.3) is 0 Å². The minimum Gasteiger partial charge on any atom is -0.427 e. The second kappa shape index (κ2) is 4.53. The van der Waals surface area contributed by atoms with Gasteiger partial charge in [0.2, 0.25) is 10.3 Å². The molecule has 13 heavy (non-hydrogen) atoms. The molecule has 72 valence electrons. The molecule has 0 amide bonds. The Hall–Kier alpha value is -0.680. The third kappa shape index (κ3) is 3.28. The molecule has 0 aliphatic heterocycles. The SMILES string of the molecule is O=S(=O)=C1C=CC(OP(O)O)=CC1. The Balaban J connectivity index is 2.71. The zero-order valence-electron chi connectivity index (χ0n) is 6.41. The Bertz CT molecular complexity index is 370. The van der Waals surface area contributed by atoms with Crippen LogP contribution in [0.25, 0.3) is 0 Å². The fourth-order valence-electron chi connectivity index (χ4n) is 0.798. The van der Waals surface area contributed by atoms with E-state index >= 15 is 0 Å². The quantitative estimate of drug-likeness (QED) is 0.511. The molecule has 0 bridgehead atoms. The molecule has 1 aliphatic carbocycles. The molecule has 1 aliphatic rings. The van der Waals surface area contributed by atoms with Gasteiger partial charge >= 0.3 is 8.60 Å². The highest BCUT2D eigenvalue weighted by atomic mass is 32.2. The van der Waals surface area contributed by atoms with Gasteiger partial charge in [-0.1, -0.05) is 0 Å². The molecule has 0 aromatic heterocycles. The lowest BCUT2D eigenvalue weighted by Crippen LogP contribution is -1.99. The van der Waals surface area contributed by atoms with Gasteiger partial charge in [0.1, 0.15) is 5.76 Å². The van der Waals surface area contributed by atoms with Crippen molar-refractivity contribution in [2.45, 2.75) is 6.42 Å². The maximum absolute atomic E-state index is 10.4. The van der Waals surface area contributed by atoms with Gasteiger partial charge in [-0.3, -0.25) is 0 Å². The van der Waals surface area contributed by atoms with E-state index in [4.69, 9.17) is 9.79 Å². The van der Waals surface area contributed by atoms with Crippen LogP contribution < -0.4 is 0 Å². The van der Waals surface area contributed by atoms with Crippen molar-refractivity contribution in [3.05, 3.63) is 24.0 Å². The summed E-state index contributed by atoms with van der Waals surface area (Å²) in [6.07, 6.45) is 4.41. The smallest absolute Gasteiger partial charge is 0.391 e. The van der Waals surface area contributed by atoms with Crippen molar-refractivity contribution < 1.29 is 22.7 Å². The molecule has 5 nitrogen and oxygen atoms in total. The van der Waals surface area contributed by atoms with E-state index in [9.17, 15) is 8.42 Å². The first kappa shape index (κ1) is 10.4. The zero-order chi connectivity index (χ0) is 9.84. The monoisotopic (exact) mass is 222 g/mol. The molecular formula is C6H7O5PS. The van der Waals surface area contributed by atoms with E-state index < -0.39 is 18.9 Å². The third-order valence-corrected chi connectivity index (χ3v) is 2.44. The predicted octanol–water partition coefficient (Wildman–Crippen LogP) is 0.110. The second-order valence-electron chi connectivity index (χ2n) is 2.19. The first-order valence-corrected chi connectivity index (χ1v) is 5.53. The van der Waals surface area contributed by atoms with Gasteiger partial charge in [-0.05, 0) is 18.2 Å². The Morgan fingerprint density at radius 3 is 2.46 bits per heavy atom. The highest BCUT2D eigenvalue weighted by molar-refractivity contribution is 7.73. The molecule has 0 heterocycles. The topological polar surface area (TPSA) is 83.8 Å². The fourth-order valence-corrected chi connectivity index (χ4v) is 1.52. The molecule has 0 saturated heterocycles. The molecular weight excluding hydrogens is 215 g/mol. The van der Waals surface area contributed by atoms with Crippen LogP contribution in [0.2, 0.25) is 0 Å². The third-order valence-electron chi connectivity index (χ3n) is 1.34. The van der Waals surface area contributed by atoms with Crippen LogP contribution >= 0.6 is 8.60 Å². The van der Waals surface area contributed by atoms with Crippen LogP contribution in [-0.2, 0) is 14.8 Å². The normalized spacial score (nSPS) is 15.9. The number of rotatable bonds is 2. The summed E-state index contributed by atoms with van der Waals surface area (Å²) in [6.45, 7) is 0. The van der Waals surface area contributed by atoms with E-state index in [0.717, 1.165) is 0 Å². The first-order valence-electron chi connectivity index (χ1n) is 3.29. The highest BCUT2D eigenvalue weighted by Crippen LogP contribution is 2.30. The summed E-state index contributed by atoms with van der Waals surface area (Å²) in [7, 11) is -4.66. The maximum Gasteiger partial charge on any atom is 0.391 e. The van der Waals surface area contributed by atoms with Crippen molar-refractivity contribution in [1.82, 2.24) is 0 Å². The van der Waals surface area contributed by atoms with Crippen LogP contribution in [0.3, 0.4) is 0 Å². The lowest BCUT2D eigenvalue weighted by Gasteiger charge is -2.08. The summed E-state index contributed by atoms with van der Waals surface area (Å²) in [5.74, 6) is 0.269. The van der Waals surface area contributed by atoms with Crippen LogP contribution in [-0.4, -0.2) is 23.1 Å². The van der Waals surface area contributed by atoms with Gasteiger partial charge < -0.3 is 14.3 Å². The van der Waals surface area contributed by atoms with Crippen molar-refractivity contribution in [3.63, 3.8) is 0 Å². The zero-order valence-corrected chi connectivity index (χ0v) is 8.12. The Kier molecular flexibility index (Phi) is 3.62. The average molecular weight is 222 g/mol. The van der Waals surface area contributed by atoms with Crippen molar-refractivity contribution in [3.8, 4) is 0 Å². The van der Waals surface area contributed by atoms with Crippen molar-refractivity contribution >= 4 is 23.8 Å². The summed E-state index contributed by atoms with van der Waals surface area (Å²) in [6, 6.07) is 0. The number of allylic oxidation sites excluding steroid dienone is 3. The molecule has 0 spiro atoms. The molecule has 0 unspecified atom stereocenters. The van der Waals surface area contributed by atoms with Crippen molar-refractivity contribution in [1.29, 1.82) is 0 Å². The standard InChI is InChI=1S/C6H7O5PS/c7-12(8)11-5-1-3-6(4-2-5)13(9)10/h1-3,7-8H,4H2. The predicted molar refractivity (Wildman–Crippen MR) is 48.2 cm³/mol. The molecule has 0 fully saturated rings. The fraction of sp³-hybridized carbons (Fsp3) is 0.167. The van der Waals surface area contributed by atoms with E-state index in [-0.39, 0.29) is 17.0 Å². The Labute approximate surface area is 77.5 Å². The van der Waals surface area contributed by atoms with Gasteiger partial charge in [0.05, 0.1) is 4.86 Å². The largest absolute Gasteiger partial charge is 0.427 e. The molecule has 0 atom stereocenters. The molecule has 0 radical (unpaired) electrons. The van der Waals surface area contributed by atoms with Gasteiger partial charge in [-0.15, -0.1) is 0 Å². The molecule has 0 aromatic carbocycles. The first-order chi connectivity index (χ1) is 6.09. The average Bonchev–Trinajstić information content (AvgIpc) is 2.04. The molecule has 0 aromatic rings. The maximum atomic E-state index is 10.4. The molecule has 1 rings (SSSR count). The van der Waals surface area contributed by atoms with E-state index in [2.05, 4.69) is 4.52 Å². The number of hydrogen-bond acceptors (Lipinski definition) is 5. The van der Waals surface area contributed by atoms with Crippen LogP contribution in [0.15, 0.2) is 24.0 Å². The van der Waals surface area contributed by atoms with Crippen LogP contribution in [0.4, 0.5) is 0 Å². The van der Waals surface area contributed by atoms with Gasteiger partial charge in [-0.2, -0.15) is 8.42 Å². The van der Waals surface area contributed by atoms with Crippen LogP contribution in [0.1, 0.15) is 6.42 Å². The van der Waals surface area contributed by atoms with Gasteiger partial charge in [-0.25, -0.2) is 0 Å².